The molecule has 0 saturated carbocycles. The van der Waals surface area contributed by atoms with Crippen LogP contribution in [-0.2, 0) is 4.74 Å². The third-order valence-electron chi connectivity index (χ3n) is 3.01. The Balaban J connectivity index is 2.22. The average Bonchev–Trinajstić information content (AvgIpc) is 2.49. The van der Waals surface area contributed by atoms with Crippen molar-refractivity contribution in [3.05, 3.63) is 29.9 Å². The van der Waals surface area contributed by atoms with Gasteiger partial charge < -0.3 is 14.8 Å². The van der Waals surface area contributed by atoms with Crippen LogP contribution < -0.4 is 10.1 Å². The lowest BCUT2D eigenvalue weighted by Gasteiger charge is -2.24. The lowest BCUT2D eigenvalue weighted by molar-refractivity contribution is 0.166. The SMILES string of the molecule is CCCNC(C1=CCCCO1)c1cc(OC)ncn1. The van der Waals surface area contributed by atoms with E-state index in [-0.39, 0.29) is 6.04 Å². The van der Waals surface area contributed by atoms with E-state index in [0.717, 1.165) is 43.9 Å². The fourth-order valence-corrected chi connectivity index (χ4v) is 2.04. The van der Waals surface area contributed by atoms with E-state index in [2.05, 4.69) is 28.3 Å². The maximum Gasteiger partial charge on any atom is 0.216 e. The number of methoxy groups -OCH3 is 1. The lowest BCUT2D eigenvalue weighted by Crippen LogP contribution is -2.27. The summed E-state index contributed by atoms with van der Waals surface area (Å²) in [6.07, 6.45) is 6.87. The van der Waals surface area contributed by atoms with E-state index in [1.165, 1.54) is 6.33 Å². The van der Waals surface area contributed by atoms with Crippen molar-refractivity contribution in [1.29, 1.82) is 0 Å². The number of nitrogens with one attached hydrogen (secondary N) is 1. The van der Waals surface area contributed by atoms with Gasteiger partial charge >= 0.3 is 0 Å². The van der Waals surface area contributed by atoms with E-state index in [1.807, 2.05) is 6.07 Å². The van der Waals surface area contributed by atoms with Crippen LogP contribution in [0.1, 0.15) is 37.9 Å². The van der Waals surface area contributed by atoms with Crippen LogP contribution in [0.2, 0.25) is 0 Å². The molecule has 2 heterocycles. The topological polar surface area (TPSA) is 56.3 Å². The molecule has 0 aliphatic carbocycles. The molecule has 0 aromatic carbocycles. The van der Waals surface area contributed by atoms with Crippen LogP contribution >= 0.6 is 0 Å². The minimum atomic E-state index is -0.0165. The number of rotatable bonds is 6. The molecule has 1 aromatic heterocycles. The van der Waals surface area contributed by atoms with Crippen molar-refractivity contribution in [1.82, 2.24) is 15.3 Å². The molecule has 0 spiro atoms. The largest absolute Gasteiger partial charge is 0.496 e. The first kappa shape index (κ1) is 13.8. The molecule has 0 fully saturated rings. The molecule has 19 heavy (non-hydrogen) atoms. The molecule has 0 bridgehead atoms. The molecule has 5 nitrogen and oxygen atoms in total. The smallest absolute Gasteiger partial charge is 0.216 e. The van der Waals surface area contributed by atoms with Gasteiger partial charge in [0.15, 0.2) is 0 Å². The second kappa shape index (κ2) is 7.09. The summed E-state index contributed by atoms with van der Waals surface area (Å²) in [7, 11) is 1.61. The fourth-order valence-electron chi connectivity index (χ4n) is 2.04. The normalized spacial score (nSPS) is 16.4. The summed E-state index contributed by atoms with van der Waals surface area (Å²) in [5.41, 5.74) is 0.883. The van der Waals surface area contributed by atoms with Crippen LogP contribution in [-0.4, -0.2) is 30.2 Å². The molecule has 2 rings (SSSR count). The van der Waals surface area contributed by atoms with Gasteiger partial charge in [-0.3, -0.25) is 0 Å². The number of hydrogen-bond acceptors (Lipinski definition) is 5. The fraction of sp³-hybridized carbons (Fsp3) is 0.571. The second-order valence-electron chi connectivity index (χ2n) is 4.47. The van der Waals surface area contributed by atoms with Crippen LogP contribution in [0.5, 0.6) is 5.88 Å². The number of ether oxygens (including phenoxy) is 2. The lowest BCUT2D eigenvalue weighted by atomic mass is 10.1. The van der Waals surface area contributed by atoms with Crippen LogP contribution in [0.15, 0.2) is 24.2 Å². The van der Waals surface area contributed by atoms with Crippen LogP contribution in [0.4, 0.5) is 0 Å². The molecule has 1 aromatic rings. The maximum absolute atomic E-state index is 5.76. The van der Waals surface area contributed by atoms with Gasteiger partial charge in [0.1, 0.15) is 18.1 Å². The zero-order valence-electron chi connectivity index (χ0n) is 11.6. The first-order valence-electron chi connectivity index (χ1n) is 6.77. The van der Waals surface area contributed by atoms with Crippen molar-refractivity contribution in [2.45, 2.75) is 32.2 Å². The van der Waals surface area contributed by atoms with E-state index in [9.17, 15) is 0 Å². The van der Waals surface area contributed by atoms with Gasteiger partial charge in [-0.05, 0) is 31.9 Å². The summed E-state index contributed by atoms with van der Waals surface area (Å²) in [4.78, 5) is 8.39. The van der Waals surface area contributed by atoms with Crippen molar-refractivity contribution < 1.29 is 9.47 Å². The minimum Gasteiger partial charge on any atom is -0.496 e. The highest BCUT2D eigenvalue weighted by Gasteiger charge is 2.21. The third kappa shape index (κ3) is 3.67. The van der Waals surface area contributed by atoms with Gasteiger partial charge in [0.25, 0.3) is 0 Å². The maximum atomic E-state index is 5.76. The summed E-state index contributed by atoms with van der Waals surface area (Å²) >= 11 is 0. The summed E-state index contributed by atoms with van der Waals surface area (Å²) in [6.45, 7) is 3.83. The molecule has 1 atom stereocenters. The van der Waals surface area contributed by atoms with Crippen LogP contribution in [0.25, 0.3) is 0 Å². The molecule has 1 unspecified atom stereocenters. The Kier molecular flexibility index (Phi) is 5.15. The van der Waals surface area contributed by atoms with Crippen molar-refractivity contribution >= 4 is 0 Å². The first-order chi connectivity index (χ1) is 9.35. The monoisotopic (exact) mass is 263 g/mol. The van der Waals surface area contributed by atoms with Gasteiger partial charge in [-0.1, -0.05) is 6.92 Å². The van der Waals surface area contributed by atoms with E-state index in [0.29, 0.717) is 5.88 Å². The number of hydrogen-bond donors (Lipinski definition) is 1. The Labute approximate surface area is 114 Å². The van der Waals surface area contributed by atoms with E-state index >= 15 is 0 Å². The van der Waals surface area contributed by atoms with Crippen molar-refractivity contribution in [3.8, 4) is 5.88 Å². The molecule has 1 aliphatic rings. The number of allylic oxidation sites excluding steroid dienone is 1. The zero-order chi connectivity index (χ0) is 13.5. The standard InChI is InChI=1S/C14H21N3O2/c1-3-7-15-14(12-6-4-5-8-19-12)11-9-13(18-2)17-10-16-11/h6,9-10,14-15H,3-5,7-8H2,1-2H3. The third-order valence-corrected chi connectivity index (χ3v) is 3.01. The van der Waals surface area contributed by atoms with Gasteiger partial charge in [-0.15, -0.1) is 0 Å². The zero-order valence-corrected chi connectivity index (χ0v) is 11.6. The van der Waals surface area contributed by atoms with E-state index in [1.54, 1.807) is 7.11 Å². The molecule has 1 aliphatic heterocycles. The average molecular weight is 263 g/mol. The molecular weight excluding hydrogens is 242 g/mol. The van der Waals surface area contributed by atoms with Gasteiger partial charge in [0.2, 0.25) is 5.88 Å². The number of aromatic nitrogens is 2. The predicted octanol–water partition coefficient (Wildman–Crippen LogP) is 2.22. The molecule has 0 radical (unpaired) electrons. The Bertz CT molecular complexity index is 434. The van der Waals surface area contributed by atoms with Gasteiger partial charge in [-0.25, -0.2) is 9.97 Å². The van der Waals surface area contributed by atoms with Gasteiger partial charge in [0.05, 0.1) is 19.4 Å². The Morgan fingerprint density at radius 1 is 1.47 bits per heavy atom. The summed E-state index contributed by atoms with van der Waals surface area (Å²) in [6, 6.07) is 1.84. The quantitative estimate of drug-likeness (QED) is 0.853. The summed E-state index contributed by atoms with van der Waals surface area (Å²) in [5.74, 6) is 1.53. The molecular formula is C14H21N3O2. The Morgan fingerprint density at radius 3 is 3.05 bits per heavy atom. The molecule has 104 valence electrons. The highest BCUT2D eigenvalue weighted by molar-refractivity contribution is 5.23. The predicted molar refractivity (Wildman–Crippen MR) is 72.9 cm³/mol. The van der Waals surface area contributed by atoms with Crippen molar-refractivity contribution in [2.24, 2.45) is 0 Å². The van der Waals surface area contributed by atoms with Gasteiger partial charge in [-0.2, -0.15) is 0 Å². The highest BCUT2D eigenvalue weighted by atomic mass is 16.5. The van der Waals surface area contributed by atoms with E-state index < -0.39 is 0 Å². The van der Waals surface area contributed by atoms with Crippen molar-refractivity contribution in [2.75, 3.05) is 20.3 Å². The summed E-state index contributed by atoms with van der Waals surface area (Å²) in [5, 5.41) is 3.47. The Hall–Kier alpha value is -1.62. The minimum absolute atomic E-state index is 0.0165. The summed E-state index contributed by atoms with van der Waals surface area (Å²) < 4.78 is 10.9. The highest BCUT2D eigenvalue weighted by Crippen LogP contribution is 2.26. The van der Waals surface area contributed by atoms with E-state index in [4.69, 9.17) is 9.47 Å². The Morgan fingerprint density at radius 2 is 2.37 bits per heavy atom. The molecule has 1 N–H and O–H groups in total. The molecule has 0 amide bonds. The number of nitrogens with zero attached hydrogens (tertiary/aromatic N) is 2. The first-order valence-corrected chi connectivity index (χ1v) is 6.77. The molecule has 0 saturated heterocycles. The van der Waals surface area contributed by atoms with Gasteiger partial charge in [0, 0.05) is 6.07 Å². The van der Waals surface area contributed by atoms with Crippen LogP contribution in [0, 0.1) is 0 Å². The van der Waals surface area contributed by atoms with Crippen LogP contribution in [0.3, 0.4) is 0 Å². The molecule has 5 heteroatoms. The second-order valence-corrected chi connectivity index (χ2v) is 4.47. The van der Waals surface area contributed by atoms with Crippen molar-refractivity contribution in [3.63, 3.8) is 0 Å².